The summed E-state index contributed by atoms with van der Waals surface area (Å²) in [4.78, 5) is 0. The van der Waals surface area contributed by atoms with Crippen LogP contribution >= 0.6 is 0 Å². The molecular weight excluding hydrogens is 246 g/mol. The zero-order chi connectivity index (χ0) is 13.3. The molecule has 5 nitrogen and oxygen atoms in total. The summed E-state index contributed by atoms with van der Waals surface area (Å²) < 4.78 is 15.9. The fourth-order valence-corrected chi connectivity index (χ4v) is 2.38. The molecule has 2 aliphatic rings. The van der Waals surface area contributed by atoms with Crippen molar-refractivity contribution in [3.8, 4) is 11.5 Å². The standard InChI is InChI=1S/C14H19NO4/c1-10(15-7-14(16)4-5-17-8-14)11-2-3-12-13(6-11)19-9-18-12/h2-3,6,10,15-16H,4-5,7-9H2,1H3. The van der Waals surface area contributed by atoms with E-state index in [0.717, 1.165) is 17.1 Å². The molecule has 0 aliphatic carbocycles. The lowest BCUT2D eigenvalue weighted by Gasteiger charge is -2.24. The molecule has 1 fully saturated rings. The first-order valence-corrected chi connectivity index (χ1v) is 6.59. The van der Waals surface area contributed by atoms with Gasteiger partial charge in [-0.25, -0.2) is 0 Å². The van der Waals surface area contributed by atoms with E-state index in [9.17, 15) is 5.11 Å². The SMILES string of the molecule is CC(NCC1(O)CCOC1)c1ccc2c(c1)OCO2. The summed E-state index contributed by atoms with van der Waals surface area (Å²) in [5, 5.41) is 13.6. The average molecular weight is 265 g/mol. The summed E-state index contributed by atoms with van der Waals surface area (Å²) >= 11 is 0. The van der Waals surface area contributed by atoms with Crippen LogP contribution in [0, 0.1) is 0 Å². The zero-order valence-electron chi connectivity index (χ0n) is 11.0. The topological polar surface area (TPSA) is 60.0 Å². The van der Waals surface area contributed by atoms with Gasteiger partial charge in [0.2, 0.25) is 6.79 Å². The molecular formula is C14H19NO4. The number of hydrogen-bond acceptors (Lipinski definition) is 5. The second-order valence-corrected chi connectivity index (χ2v) is 5.24. The highest BCUT2D eigenvalue weighted by molar-refractivity contribution is 5.45. The molecule has 0 spiro atoms. The van der Waals surface area contributed by atoms with Gasteiger partial charge in [0, 0.05) is 25.6 Å². The Morgan fingerprint density at radius 2 is 2.21 bits per heavy atom. The van der Waals surface area contributed by atoms with Gasteiger partial charge >= 0.3 is 0 Å². The van der Waals surface area contributed by atoms with Crippen LogP contribution in [0.15, 0.2) is 18.2 Å². The quantitative estimate of drug-likeness (QED) is 0.857. The molecule has 5 heteroatoms. The fourth-order valence-electron chi connectivity index (χ4n) is 2.38. The van der Waals surface area contributed by atoms with E-state index in [1.165, 1.54) is 0 Å². The largest absolute Gasteiger partial charge is 0.454 e. The number of hydrogen-bond donors (Lipinski definition) is 2. The molecule has 2 aliphatic heterocycles. The molecule has 2 N–H and O–H groups in total. The molecule has 2 atom stereocenters. The van der Waals surface area contributed by atoms with Crippen LogP contribution in [0.4, 0.5) is 0 Å². The normalized spacial score (nSPS) is 26.6. The summed E-state index contributed by atoms with van der Waals surface area (Å²) in [6.45, 7) is 3.93. The Bertz CT molecular complexity index is 457. The Morgan fingerprint density at radius 3 is 3.00 bits per heavy atom. The van der Waals surface area contributed by atoms with E-state index in [1.807, 2.05) is 18.2 Å². The van der Waals surface area contributed by atoms with Gasteiger partial charge in [-0.05, 0) is 24.6 Å². The minimum atomic E-state index is -0.732. The number of ether oxygens (including phenoxy) is 3. The first-order valence-electron chi connectivity index (χ1n) is 6.59. The predicted octanol–water partition coefficient (Wildman–Crippen LogP) is 1.22. The van der Waals surface area contributed by atoms with Crippen LogP contribution in [0.25, 0.3) is 0 Å². The zero-order valence-corrected chi connectivity index (χ0v) is 11.0. The first kappa shape index (κ1) is 12.7. The summed E-state index contributed by atoms with van der Waals surface area (Å²) in [5.74, 6) is 1.58. The maximum Gasteiger partial charge on any atom is 0.231 e. The molecule has 0 radical (unpaired) electrons. The van der Waals surface area contributed by atoms with E-state index < -0.39 is 5.60 Å². The summed E-state index contributed by atoms with van der Waals surface area (Å²) in [6, 6.07) is 6.05. The molecule has 2 unspecified atom stereocenters. The molecule has 0 bridgehead atoms. The van der Waals surface area contributed by atoms with E-state index in [1.54, 1.807) is 0 Å². The minimum absolute atomic E-state index is 0.138. The van der Waals surface area contributed by atoms with Crippen LogP contribution in [0.2, 0.25) is 0 Å². The lowest BCUT2D eigenvalue weighted by atomic mass is 10.0. The Morgan fingerprint density at radius 1 is 1.37 bits per heavy atom. The highest BCUT2D eigenvalue weighted by atomic mass is 16.7. The summed E-state index contributed by atoms with van der Waals surface area (Å²) in [5.41, 5.74) is 0.386. The van der Waals surface area contributed by atoms with Crippen molar-refractivity contribution in [3.05, 3.63) is 23.8 Å². The van der Waals surface area contributed by atoms with Gasteiger partial charge in [0.25, 0.3) is 0 Å². The second kappa shape index (κ2) is 5.00. The van der Waals surface area contributed by atoms with Gasteiger partial charge in [-0.2, -0.15) is 0 Å². The predicted molar refractivity (Wildman–Crippen MR) is 69.4 cm³/mol. The van der Waals surface area contributed by atoms with Gasteiger partial charge < -0.3 is 24.6 Å². The Hall–Kier alpha value is -1.30. The molecule has 2 heterocycles. The van der Waals surface area contributed by atoms with E-state index >= 15 is 0 Å². The molecule has 0 saturated carbocycles. The lowest BCUT2D eigenvalue weighted by Crippen LogP contribution is -2.41. The van der Waals surface area contributed by atoms with Crippen molar-refractivity contribution in [2.45, 2.75) is 25.0 Å². The summed E-state index contributed by atoms with van der Waals surface area (Å²) in [7, 11) is 0. The highest BCUT2D eigenvalue weighted by Crippen LogP contribution is 2.34. The van der Waals surface area contributed by atoms with E-state index in [-0.39, 0.29) is 12.8 Å². The van der Waals surface area contributed by atoms with Crippen molar-refractivity contribution in [1.82, 2.24) is 5.32 Å². The number of fused-ring (bicyclic) bond motifs is 1. The van der Waals surface area contributed by atoms with Gasteiger partial charge in [-0.3, -0.25) is 0 Å². The molecule has 104 valence electrons. The molecule has 1 aromatic rings. The lowest BCUT2D eigenvalue weighted by molar-refractivity contribution is 0.0252. The smallest absolute Gasteiger partial charge is 0.231 e. The maximum absolute atomic E-state index is 10.2. The number of rotatable bonds is 4. The number of aliphatic hydroxyl groups is 1. The molecule has 0 aromatic heterocycles. The Kier molecular flexibility index (Phi) is 3.35. The minimum Gasteiger partial charge on any atom is -0.454 e. The molecule has 1 aromatic carbocycles. The van der Waals surface area contributed by atoms with Gasteiger partial charge in [0.15, 0.2) is 11.5 Å². The van der Waals surface area contributed by atoms with E-state index in [0.29, 0.717) is 26.2 Å². The Balaban J connectivity index is 1.62. The van der Waals surface area contributed by atoms with Crippen LogP contribution in [-0.4, -0.2) is 37.3 Å². The first-order chi connectivity index (χ1) is 9.16. The Labute approximate surface area is 112 Å². The van der Waals surface area contributed by atoms with Crippen LogP contribution in [-0.2, 0) is 4.74 Å². The molecule has 3 rings (SSSR count). The van der Waals surface area contributed by atoms with Gasteiger partial charge in [-0.1, -0.05) is 6.07 Å². The van der Waals surface area contributed by atoms with Crippen molar-refractivity contribution in [2.24, 2.45) is 0 Å². The summed E-state index contributed by atoms with van der Waals surface area (Å²) in [6.07, 6.45) is 0.688. The maximum atomic E-state index is 10.2. The van der Waals surface area contributed by atoms with Gasteiger partial charge in [-0.15, -0.1) is 0 Å². The third kappa shape index (κ3) is 2.68. The van der Waals surface area contributed by atoms with Crippen molar-refractivity contribution < 1.29 is 19.3 Å². The van der Waals surface area contributed by atoms with E-state index in [4.69, 9.17) is 14.2 Å². The van der Waals surface area contributed by atoms with Crippen molar-refractivity contribution in [1.29, 1.82) is 0 Å². The second-order valence-electron chi connectivity index (χ2n) is 5.24. The number of nitrogens with one attached hydrogen (secondary N) is 1. The molecule has 1 saturated heterocycles. The third-order valence-corrected chi connectivity index (χ3v) is 3.72. The van der Waals surface area contributed by atoms with Crippen LogP contribution in [0.3, 0.4) is 0 Å². The van der Waals surface area contributed by atoms with Crippen LogP contribution in [0.1, 0.15) is 24.9 Å². The van der Waals surface area contributed by atoms with Gasteiger partial charge in [0.05, 0.1) is 6.61 Å². The molecule has 0 amide bonds. The van der Waals surface area contributed by atoms with Crippen molar-refractivity contribution >= 4 is 0 Å². The fraction of sp³-hybridized carbons (Fsp3) is 0.571. The van der Waals surface area contributed by atoms with Crippen molar-refractivity contribution in [3.63, 3.8) is 0 Å². The number of benzene rings is 1. The third-order valence-electron chi connectivity index (χ3n) is 3.72. The van der Waals surface area contributed by atoms with Crippen LogP contribution in [0.5, 0.6) is 11.5 Å². The average Bonchev–Trinajstić information content (AvgIpc) is 3.04. The molecule has 19 heavy (non-hydrogen) atoms. The van der Waals surface area contributed by atoms with Gasteiger partial charge in [0.1, 0.15) is 5.60 Å². The van der Waals surface area contributed by atoms with E-state index in [2.05, 4.69) is 12.2 Å². The van der Waals surface area contributed by atoms with Crippen LogP contribution < -0.4 is 14.8 Å². The monoisotopic (exact) mass is 265 g/mol. The van der Waals surface area contributed by atoms with Crippen molar-refractivity contribution in [2.75, 3.05) is 26.6 Å². The highest BCUT2D eigenvalue weighted by Gasteiger charge is 2.32.